The minimum Gasteiger partial charge on any atom is -0.394 e. The maximum Gasteiger partial charge on any atom is 0.470 e. The Hall–Kier alpha value is -1.27. The lowest BCUT2D eigenvalue weighted by Gasteiger charge is -2.22. The van der Waals surface area contributed by atoms with Gasteiger partial charge in [0.15, 0.2) is 17.4 Å². The van der Waals surface area contributed by atoms with E-state index in [1.54, 1.807) is 0 Å². The summed E-state index contributed by atoms with van der Waals surface area (Å²) in [5.41, 5.74) is -0.285. The first-order chi connectivity index (χ1) is 10.8. The van der Waals surface area contributed by atoms with Crippen LogP contribution in [0.4, 0.5) is 0 Å². The number of phosphoric acid groups is 1. The molecule has 0 saturated carbocycles. The second-order valence-corrected chi connectivity index (χ2v) is 6.64. The van der Waals surface area contributed by atoms with Crippen molar-refractivity contribution in [2.45, 2.75) is 23.7 Å². The van der Waals surface area contributed by atoms with Crippen molar-refractivity contribution in [2.24, 2.45) is 0 Å². The fourth-order valence-electron chi connectivity index (χ4n) is 2.41. The van der Waals surface area contributed by atoms with Crippen LogP contribution in [0.2, 0.25) is 0 Å². The molecule has 2 aromatic heterocycles. The number of nitrogens with one attached hydrogen (secondary N) is 1. The number of phosphoric ester groups is 1. The summed E-state index contributed by atoms with van der Waals surface area (Å²) < 4.78 is 22.8. The molecule has 23 heavy (non-hydrogen) atoms. The van der Waals surface area contributed by atoms with Gasteiger partial charge in [-0.25, -0.2) is 14.5 Å². The Bertz CT molecular complexity index is 819. The van der Waals surface area contributed by atoms with E-state index in [2.05, 4.69) is 27.6 Å². The van der Waals surface area contributed by atoms with Gasteiger partial charge in [0.05, 0.1) is 30.6 Å². The second-order valence-electron chi connectivity index (χ2n) is 4.85. The number of aliphatic hydroxyl groups excluding tert-OH is 1. The predicted octanol–water partition coefficient (Wildman–Crippen LogP) is -1.21. The molecule has 126 valence electrons. The standard InChI is InChI=1S/C10H13N4O7PS/c15-1-4-7(23)6(21-22(17,18)19)10(20-4)14-3-13-5-8(14)11-2-12-9(5)16/h2-4,6-7,10,15,23H,1H2,(H,11,12,16)(H2,17,18,19)/t4-,6-,7-,10-/m1/s1. The van der Waals surface area contributed by atoms with Crippen molar-refractivity contribution in [2.75, 3.05) is 6.61 Å². The molecule has 1 aliphatic heterocycles. The van der Waals surface area contributed by atoms with Crippen LogP contribution in [0.5, 0.6) is 0 Å². The van der Waals surface area contributed by atoms with Gasteiger partial charge in [0, 0.05) is 0 Å². The molecule has 4 N–H and O–H groups in total. The van der Waals surface area contributed by atoms with Crippen molar-refractivity contribution >= 4 is 31.6 Å². The molecule has 0 aliphatic carbocycles. The van der Waals surface area contributed by atoms with Crippen molar-refractivity contribution in [1.82, 2.24) is 19.5 Å². The van der Waals surface area contributed by atoms with Gasteiger partial charge in [-0.05, 0) is 0 Å². The van der Waals surface area contributed by atoms with Crippen LogP contribution < -0.4 is 5.56 Å². The number of thiol groups is 1. The molecule has 4 atom stereocenters. The largest absolute Gasteiger partial charge is 0.470 e. The van der Waals surface area contributed by atoms with Crippen molar-refractivity contribution in [3.8, 4) is 0 Å². The lowest BCUT2D eigenvalue weighted by Crippen LogP contribution is -2.30. The van der Waals surface area contributed by atoms with Gasteiger partial charge in [-0.2, -0.15) is 12.6 Å². The number of nitrogens with zero attached hydrogens (tertiary/aromatic N) is 3. The van der Waals surface area contributed by atoms with E-state index < -0.39 is 43.7 Å². The van der Waals surface area contributed by atoms with E-state index in [-0.39, 0.29) is 11.2 Å². The summed E-state index contributed by atoms with van der Waals surface area (Å²) in [6.07, 6.45) is -0.664. The molecule has 11 nitrogen and oxygen atoms in total. The average molecular weight is 364 g/mol. The van der Waals surface area contributed by atoms with E-state index in [1.807, 2.05) is 0 Å². The Morgan fingerprint density at radius 2 is 2.22 bits per heavy atom. The number of H-pyrrole nitrogens is 1. The molecule has 1 aliphatic rings. The fourth-order valence-corrected chi connectivity index (χ4v) is 3.44. The SMILES string of the molecule is O=c1[nH]cnc2c1ncn2[C@@H]1O[C@H](CO)[C@@H](S)[C@H]1OP(=O)(O)O. The maximum atomic E-state index is 11.7. The molecule has 0 radical (unpaired) electrons. The first kappa shape index (κ1) is 16.6. The van der Waals surface area contributed by atoms with Crippen LogP contribution in [0, 0.1) is 0 Å². The summed E-state index contributed by atoms with van der Waals surface area (Å²) in [6.45, 7) is -0.424. The number of hydrogen-bond acceptors (Lipinski definition) is 8. The summed E-state index contributed by atoms with van der Waals surface area (Å²) in [7, 11) is -4.83. The number of aliphatic hydroxyl groups is 1. The van der Waals surface area contributed by atoms with E-state index >= 15 is 0 Å². The molecule has 0 unspecified atom stereocenters. The minimum atomic E-state index is -4.83. The summed E-state index contributed by atoms with van der Waals surface area (Å²) in [5.74, 6) is 0. The van der Waals surface area contributed by atoms with Crippen LogP contribution in [0.15, 0.2) is 17.4 Å². The molecule has 0 aromatic carbocycles. The molecule has 2 aromatic rings. The Morgan fingerprint density at radius 1 is 1.48 bits per heavy atom. The van der Waals surface area contributed by atoms with Crippen LogP contribution in [-0.2, 0) is 13.8 Å². The summed E-state index contributed by atoms with van der Waals surface area (Å²) in [5, 5.41) is 8.50. The monoisotopic (exact) mass is 364 g/mol. The molecule has 1 saturated heterocycles. The summed E-state index contributed by atoms with van der Waals surface area (Å²) in [4.78, 5) is 40.1. The first-order valence-corrected chi connectivity index (χ1v) is 8.45. The van der Waals surface area contributed by atoms with Crippen LogP contribution in [-0.4, -0.2) is 58.5 Å². The Balaban J connectivity index is 2.05. The van der Waals surface area contributed by atoms with E-state index in [1.165, 1.54) is 17.2 Å². The van der Waals surface area contributed by atoms with Gasteiger partial charge >= 0.3 is 7.82 Å². The van der Waals surface area contributed by atoms with Gasteiger partial charge in [0.1, 0.15) is 6.10 Å². The van der Waals surface area contributed by atoms with E-state index in [0.717, 1.165) is 0 Å². The van der Waals surface area contributed by atoms with Crippen molar-refractivity contribution < 1.29 is 28.7 Å². The normalized spacial score (nSPS) is 28.5. The van der Waals surface area contributed by atoms with Crippen molar-refractivity contribution in [3.05, 3.63) is 23.0 Å². The number of fused-ring (bicyclic) bond motifs is 1. The van der Waals surface area contributed by atoms with Gasteiger partial charge in [0.25, 0.3) is 5.56 Å². The quantitative estimate of drug-likeness (QED) is 0.331. The lowest BCUT2D eigenvalue weighted by molar-refractivity contribution is -0.0477. The Labute approximate surface area is 133 Å². The van der Waals surface area contributed by atoms with Gasteiger partial charge < -0.3 is 24.6 Å². The number of hydrogen-bond donors (Lipinski definition) is 5. The molecular formula is C10H13N4O7PS. The third-order valence-electron chi connectivity index (χ3n) is 3.39. The maximum absolute atomic E-state index is 11.7. The molecule has 0 amide bonds. The van der Waals surface area contributed by atoms with Gasteiger partial charge in [-0.15, -0.1) is 0 Å². The van der Waals surface area contributed by atoms with Gasteiger partial charge in [0.2, 0.25) is 0 Å². The highest BCUT2D eigenvalue weighted by molar-refractivity contribution is 7.81. The predicted molar refractivity (Wildman–Crippen MR) is 78.8 cm³/mol. The van der Waals surface area contributed by atoms with Crippen LogP contribution in [0.25, 0.3) is 11.2 Å². The minimum absolute atomic E-state index is 0.0363. The zero-order valence-corrected chi connectivity index (χ0v) is 13.2. The number of imidazole rings is 1. The fraction of sp³-hybridized carbons (Fsp3) is 0.500. The van der Waals surface area contributed by atoms with Crippen molar-refractivity contribution in [3.63, 3.8) is 0 Å². The zero-order valence-electron chi connectivity index (χ0n) is 11.4. The molecule has 3 rings (SSSR count). The third-order valence-corrected chi connectivity index (χ3v) is 4.54. The Kier molecular flexibility index (Phi) is 4.31. The van der Waals surface area contributed by atoms with Crippen LogP contribution >= 0.6 is 20.5 Å². The Morgan fingerprint density at radius 3 is 2.87 bits per heavy atom. The first-order valence-electron chi connectivity index (χ1n) is 6.40. The zero-order chi connectivity index (χ0) is 16.8. The van der Waals surface area contributed by atoms with E-state index in [4.69, 9.17) is 19.0 Å². The second kappa shape index (κ2) is 5.98. The molecule has 0 spiro atoms. The highest BCUT2D eigenvalue weighted by Crippen LogP contribution is 2.46. The summed E-state index contributed by atoms with van der Waals surface area (Å²) >= 11 is 4.20. The molecule has 3 heterocycles. The topological polar surface area (TPSA) is 160 Å². The van der Waals surface area contributed by atoms with Crippen LogP contribution in [0.1, 0.15) is 6.23 Å². The number of aromatic nitrogens is 4. The highest BCUT2D eigenvalue weighted by Gasteiger charge is 2.47. The molecular weight excluding hydrogens is 351 g/mol. The summed E-state index contributed by atoms with van der Waals surface area (Å²) in [6, 6.07) is 0. The van der Waals surface area contributed by atoms with Gasteiger partial charge in [-0.3, -0.25) is 13.9 Å². The molecule has 1 fully saturated rings. The molecule has 13 heteroatoms. The van der Waals surface area contributed by atoms with Crippen LogP contribution in [0.3, 0.4) is 0 Å². The van der Waals surface area contributed by atoms with Gasteiger partial charge in [-0.1, -0.05) is 0 Å². The number of aromatic amines is 1. The van der Waals surface area contributed by atoms with E-state index in [0.29, 0.717) is 0 Å². The van der Waals surface area contributed by atoms with Crippen molar-refractivity contribution in [1.29, 1.82) is 0 Å². The smallest absolute Gasteiger partial charge is 0.394 e. The highest BCUT2D eigenvalue weighted by atomic mass is 32.1. The number of ether oxygens (including phenoxy) is 1. The lowest BCUT2D eigenvalue weighted by atomic mass is 10.2. The van der Waals surface area contributed by atoms with E-state index in [9.17, 15) is 14.5 Å². The third kappa shape index (κ3) is 3.06. The average Bonchev–Trinajstić information content (AvgIpc) is 3.01. The molecule has 0 bridgehead atoms. The number of rotatable bonds is 4.